The minimum Gasteiger partial charge on any atom is -0.454 e. The summed E-state index contributed by atoms with van der Waals surface area (Å²) in [5, 5.41) is 14.9. The van der Waals surface area contributed by atoms with Crippen LogP contribution in [0.5, 0.6) is 11.5 Å². The predicted molar refractivity (Wildman–Crippen MR) is 130 cm³/mol. The van der Waals surface area contributed by atoms with Crippen LogP contribution in [0.2, 0.25) is 0 Å². The highest BCUT2D eigenvalue weighted by Gasteiger charge is 2.40. The van der Waals surface area contributed by atoms with Crippen LogP contribution in [0.15, 0.2) is 78.4 Å². The van der Waals surface area contributed by atoms with Gasteiger partial charge in [-0.25, -0.2) is 9.97 Å². The molecular formula is C26H20N7O2+. The van der Waals surface area contributed by atoms with Gasteiger partial charge in [0.05, 0.1) is 23.2 Å². The molecule has 2 aromatic carbocycles. The van der Waals surface area contributed by atoms with Crippen molar-refractivity contribution in [3.05, 3.63) is 84.4 Å². The van der Waals surface area contributed by atoms with Crippen LogP contribution < -0.4 is 15.2 Å². The Hall–Kier alpha value is -4.97. The van der Waals surface area contributed by atoms with Crippen molar-refractivity contribution < 1.29 is 14.2 Å². The SMILES string of the molecule is CC1=N[N+](c2ccccc2)=C(n2ccnc2)C1c1cc(-c2ccc3c(c2)OCO3)nc(N)c1C#N. The smallest absolute Gasteiger partial charge is 0.301 e. The van der Waals surface area contributed by atoms with Gasteiger partial charge in [-0.1, -0.05) is 23.3 Å². The zero-order chi connectivity index (χ0) is 23.9. The number of para-hydroxylation sites is 1. The summed E-state index contributed by atoms with van der Waals surface area (Å²) < 4.78 is 14.8. The largest absolute Gasteiger partial charge is 0.454 e. The number of nitrogens with two attached hydrogens (primary N) is 1. The normalized spacial score (nSPS) is 16.3. The quantitative estimate of drug-likeness (QED) is 0.462. The Morgan fingerprint density at radius 1 is 1.11 bits per heavy atom. The molecule has 1 atom stereocenters. The number of imidazole rings is 1. The van der Waals surface area contributed by atoms with Crippen molar-refractivity contribution in [1.29, 1.82) is 5.26 Å². The molecule has 4 aromatic rings. The minimum atomic E-state index is -0.350. The molecule has 2 N–H and O–H groups in total. The highest BCUT2D eigenvalue weighted by molar-refractivity contribution is 6.12. The number of nitrogen functional groups attached to an aromatic ring is 1. The van der Waals surface area contributed by atoms with E-state index < -0.39 is 0 Å². The van der Waals surface area contributed by atoms with Crippen LogP contribution in [0.1, 0.15) is 24.0 Å². The van der Waals surface area contributed by atoms with E-state index in [1.807, 2.05) is 77.0 Å². The lowest BCUT2D eigenvalue weighted by Crippen LogP contribution is -2.27. The maximum absolute atomic E-state index is 10.0. The molecule has 0 spiro atoms. The molecule has 170 valence electrons. The summed E-state index contributed by atoms with van der Waals surface area (Å²) in [4.78, 5) is 8.78. The number of hydrazone groups is 1. The van der Waals surface area contributed by atoms with Crippen LogP contribution in [0.4, 0.5) is 11.5 Å². The number of benzene rings is 2. The van der Waals surface area contributed by atoms with Crippen molar-refractivity contribution in [3.8, 4) is 28.8 Å². The van der Waals surface area contributed by atoms with E-state index in [1.54, 1.807) is 12.5 Å². The fourth-order valence-electron chi connectivity index (χ4n) is 4.49. The van der Waals surface area contributed by atoms with Gasteiger partial charge >= 0.3 is 5.84 Å². The Balaban J connectivity index is 1.56. The summed E-state index contributed by atoms with van der Waals surface area (Å²) in [7, 11) is 0. The highest BCUT2D eigenvalue weighted by Crippen LogP contribution is 2.38. The summed E-state index contributed by atoms with van der Waals surface area (Å²) in [5.41, 5.74) is 10.5. The standard InChI is InChI=1S/C26H20N7O2/c1-16-24(26(32-10-9-29-14-32)33(31-16)18-5-3-2-4-6-18)19-12-21(30-25(28)20(19)13-27)17-7-8-22-23(11-17)35-15-34-22/h2-12,14,24H,15H2,1H3,(H2,28,30)/q+1. The molecular weight excluding hydrogens is 442 g/mol. The molecule has 0 fully saturated rings. The Morgan fingerprint density at radius 2 is 1.94 bits per heavy atom. The number of hydrogen-bond acceptors (Lipinski definition) is 7. The Kier molecular flexibility index (Phi) is 4.78. The van der Waals surface area contributed by atoms with Crippen LogP contribution in [-0.4, -0.2) is 37.6 Å². The van der Waals surface area contributed by atoms with E-state index in [0.717, 1.165) is 28.4 Å². The van der Waals surface area contributed by atoms with Gasteiger partial charge in [0, 0.05) is 5.56 Å². The first-order chi connectivity index (χ1) is 17.1. The first kappa shape index (κ1) is 20.6. The van der Waals surface area contributed by atoms with Gasteiger partial charge in [-0.2, -0.15) is 9.83 Å². The van der Waals surface area contributed by atoms with Gasteiger partial charge in [-0.15, -0.1) is 4.68 Å². The van der Waals surface area contributed by atoms with E-state index in [9.17, 15) is 5.26 Å². The highest BCUT2D eigenvalue weighted by atomic mass is 16.7. The second-order valence-electron chi connectivity index (χ2n) is 8.19. The van der Waals surface area contributed by atoms with Crippen LogP contribution in [0, 0.1) is 11.3 Å². The number of nitrogens with zero attached hydrogens (tertiary/aromatic N) is 6. The molecule has 0 radical (unpaired) electrons. The number of hydrogen-bond donors (Lipinski definition) is 1. The third-order valence-corrected chi connectivity index (χ3v) is 6.09. The molecule has 2 aliphatic rings. The summed E-state index contributed by atoms with van der Waals surface area (Å²) >= 11 is 0. The monoisotopic (exact) mass is 462 g/mol. The van der Waals surface area contributed by atoms with Gasteiger partial charge < -0.3 is 15.2 Å². The first-order valence-corrected chi connectivity index (χ1v) is 11.0. The van der Waals surface area contributed by atoms with Crippen LogP contribution in [-0.2, 0) is 0 Å². The Bertz CT molecular complexity index is 1550. The molecule has 35 heavy (non-hydrogen) atoms. The second-order valence-corrected chi connectivity index (χ2v) is 8.19. The average Bonchev–Trinajstić information content (AvgIpc) is 3.63. The van der Waals surface area contributed by atoms with E-state index in [1.165, 1.54) is 0 Å². The third-order valence-electron chi connectivity index (χ3n) is 6.09. The molecule has 0 amide bonds. The maximum Gasteiger partial charge on any atom is 0.301 e. The van der Waals surface area contributed by atoms with Gasteiger partial charge in [0.1, 0.15) is 24.0 Å². The fraction of sp³-hybridized carbons (Fsp3) is 0.115. The number of aromatic nitrogens is 3. The molecule has 2 aromatic heterocycles. The van der Waals surface area contributed by atoms with Gasteiger partial charge in [-0.05, 0) is 48.9 Å². The summed E-state index contributed by atoms with van der Waals surface area (Å²) in [6.07, 6.45) is 5.30. The Morgan fingerprint density at radius 3 is 2.71 bits per heavy atom. The Labute approximate surface area is 201 Å². The number of pyridine rings is 1. The number of rotatable bonds is 3. The van der Waals surface area contributed by atoms with Gasteiger partial charge in [-0.3, -0.25) is 0 Å². The number of anilines is 1. The minimum absolute atomic E-state index is 0.161. The molecule has 0 saturated heterocycles. The van der Waals surface area contributed by atoms with Crippen molar-refractivity contribution >= 4 is 23.1 Å². The topological polar surface area (TPSA) is 114 Å². The molecule has 6 rings (SSSR count). The number of fused-ring (bicyclic) bond motifs is 1. The number of nitriles is 1. The van der Waals surface area contributed by atoms with Crippen LogP contribution >= 0.6 is 0 Å². The maximum atomic E-state index is 10.0. The average molecular weight is 462 g/mol. The lowest BCUT2D eigenvalue weighted by atomic mass is 9.89. The second kappa shape index (κ2) is 8.11. The molecule has 0 saturated carbocycles. The molecule has 4 heterocycles. The van der Waals surface area contributed by atoms with E-state index in [-0.39, 0.29) is 18.5 Å². The van der Waals surface area contributed by atoms with Crippen molar-refractivity contribution in [1.82, 2.24) is 14.5 Å². The van der Waals surface area contributed by atoms with E-state index >= 15 is 0 Å². The van der Waals surface area contributed by atoms with E-state index in [0.29, 0.717) is 22.8 Å². The van der Waals surface area contributed by atoms with E-state index in [4.69, 9.17) is 20.3 Å². The van der Waals surface area contributed by atoms with Gasteiger partial charge in [0.2, 0.25) is 6.79 Å². The zero-order valence-electron chi connectivity index (χ0n) is 18.8. The molecule has 1 unspecified atom stereocenters. The van der Waals surface area contributed by atoms with Crippen molar-refractivity contribution in [2.24, 2.45) is 5.10 Å². The fourth-order valence-corrected chi connectivity index (χ4v) is 4.49. The molecule has 0 bridgehead atoms. The lowest BCUT2D eigenvalue weighted by molar-refractivity contribution is -0.444. The summed E-state index contributed by atoms with van der Waals surface area (Å²) in [5.74, 6) is 1.97. The van der Waals surface area contributed by atoms with Gasteiger partial charge in [0.15, 0.2) is 23.5 Å². The summed E-state index contributed by atoms with van der Waals surface area (Å²) in [6, 6.07) is 19.6. The van der Waals surface area contributed by atoms with Crippen LogP contribution in [0.25, 0.3) is 11.3 Å². The predicted octanol–water partition coefficient (Wildman–Crippen LogP) is 3.89. The molecule has 9 nitrogen and oxygen atoms in total. The first-order valence-electron chi connectivity index (χ1n) is 11.0. The van der Waals surface area contributed by atoms with Crippen molar-refractivity contribution in [3.63, 3.8) is 0 Å². The van der Waals surface area contributed by atoms with Crippen molar-refractivity contribution in [2.75, 3.05) is 12.5 Å². The molecule has 9 heteroatoms. The third kappa shape index (κ3) is 3.40. The lowest BCUT2D eigenvalue weighted by Gasteiger charge is -2.15. The molecule has 2 aliphatic heterocycles. The van der Waals surface area contributed by atoms with E-state index in [2.05, 4.69) is 16.0 Å². The summed E-state index contributed by atoms with van der Waals surface area (Å²) in [6.45, 7) is 2.13. The number of ether oxygens (including phenoxy) is 2. The van der Waals surface area contributed by atoms with Gasteiger partial charge in [0.25, 0.3) is 0 Å². The molecule has 0 aliphatic carbocycles. The van der Waals surface area contributed by atoms with Crippen molar-refractivity contribution in [2.45, 2.75) is 12.8 Å². The zero-order valence-corrected chi connectivity index (χ0v) is 18.8. The van der Waals surface area contributed by atoms with Crippen LogP contribution in [0.3, 0.4) is 0 Å².